The summed E-state index contributed by atoms with van der Waals surface area (Å²) >= 11 is 0. The Labute approximate surface area is 127 Å². The molecule has 22 heavy (non-hydrogen) atoms. The molecule has 1 atom stereocenters. The average molecular weight is 305 g/mol. The number of carbonyl (C=O) groups is 1. The summed E-state index contributed by atoms with van der Waals surface area (Å²) in [5, 5.41) is 23.3. The quantitative estimate of drug-likeness (QED) is 0.743. The summed E-state index contributed by atoms with van der Waals surface area (Å²) < 4.78 is 1.56. The molecule has 8 heteroatoms. The molecule has 0 aliphatic carbocycles. The van der Waals surface area contributed by atoms with Gasteiger partial charge in [-0.05, 0) is 6.07 Å². The lowest BCUT2D eigenvalue weighted by Crippen LogP contribution is -2.37. The van der Waals surface area contributed by atoms with E-state index in [1.54, 1.807) is 33.9 Å². The minimum Gasteiger partial charge on any atom is -0.395 e. The maximum absolute atomic E-state index is 12.6. The third-order valence-electron chi connectivity index (χ3n) is 3.74. The number of nitrogens with zero attached hydrogens (tertiary/aromatic N) is 5. The third-order valence-corrected chi connectivity index (χ3v) is 3.74. The smallest absolute Gasteiger partial charge is 0.274 e. The predicted octanol–water partition coefficient (Wildman–Crippen LogP) is -1.16. The zero-order valence-corrected chi connectivity index (χ0v) is 12.2. The fourth-order valence-corrected chi connectivity index (χ4v) is 2.68. The monoisotopic (exact) mass is 305 g/mol. The number of hydrogen-bond donors (Lipinski definition) is 2. The maximum atomic E-state index is 12.6. The first kappa shape index (κ1) is 14.9. The van der Waals surface area contributed by atoms with E-state index in [1.807, 2.05) is 4.90 Å². The van der Waals surface area contributed by atoms with Crippen molar-refractivity contribution in [3.05, 3.63) is 30.2 Å². The second-order valence-corrected chi connectivity index (χ2v) is 5.38. The van der Waals surface area contributed by atoms with Crippen molar-refractivity contribution in [1.29, 1.82) is 0 Å². The second kappa shape index (κ2) is 6.39. The van der Waals surface area contributed by atoms with Crippen molar-refractivity contribution in [2.45, 2.75) is 6.10 Å². The van der Waals surface area contributed by atoms with E-state index in [1.165, 1.54) is 0 Å². The highest BCUT2D eigenvalue weighted by atomic mass is 16.3. The van der Waals surface area contributed by atoms with E-state index < -0.39 is 6.10 Å². The Balaban J connectivity index is 1.76. The summed E-state index contributed by atoms with van der Waals surface area (Å²) in [7, 11) is 0. The molecule has 1 aliphatic rings. The second-order valence-electron chi connectivity index (χ2n) is 5.38. The molecule has 0 unspecified atom stereocenters. The summed E-state index contributed by atoms with van der Waals surface area (Å²) in [5.41, 5.74) is 0.935. The third kappa shape index (κ3) is 3.08. The van der Waals surface area contributed by atoms with E-state index in [4.69, 9.17) is 5.11 Å². The minimum atomic E-state index is -0.631. The van der Waals surface area contributed by atoms with Crippen LogP contribution in [0, 0.1) is 0 Å². The van der Waals surface area contributed by atoms with Gasteiger partial charge in [-0.25, -0.2) is 9.50 Å². The fraction of sp³-hybridized carbons (Fsp3) is 0.500. The number of β-amino-alcohol motifs (C(OH)–C–C–N with tert-alkyl or cyclic N) is 2. The van der Waals surface area contributed by atoms with Gasteiger partial charge < -0.3 is 15.1 Å². The Morgan fingerprint density at radius 2 is 2.23 bits per heavy atom. The van der Waals surface area contributed by atoms with Crippen molar-refractivity contribution in [2.75, 3.05) is 39.3 Å². The van der Waals surface area contributed by atoms with Crippen LogP contribution in [0.25, 0.3) is 5.65 Å². The lowest BCUT2D eigenvalue weighted by atomic mass is 10.3. The molecule has 1 amide bonds. The van der Waals surface area contributed by atoms with Crippen LogP contribution in [0.5, 0.6) is 0 Å². The Hall–Kier alpha value is -2.03. The standard InChI is InChI=1S/C14H19N5O3/c20-7-6-17-4-5-18(10-11(21)9-17)14(22)12-8-13-15-2-1-3-19(13)16-12/h1-3,8,11,20-21H,4-7,9-10H2/t11-/m1/s1. The van der Waals surface area contributed by atoms with Gasteiger partial charge in [0.05, 0.1) is 12.7 Å². The number of fused-ring (bicyclic) bond motifs is 1. The van der Waals surface area contributed by atoms with Crippen LogP contribution in [0.3, 0.4) is 0 Å². The lowest BCUT2D eigenvalue weighted by molar-refractivity contribution is 0.0655. The lowest BCUT2D eigenvalue weighted by Gasteiger charge is -2.20. The van der Waals surface area contributed by atoms with Crippen LogP contribution in [-0.4, -0.2) is 86.0 Å². The highest BCUT2D eigenvalue weighted by Gasteiger charge is 2.26. The average Bonchev–Trinajstić information content (AvgIpc) is 2.85. The van der Waals surface area contributed by atoms with E-state index in [2.05, 4.69) is 10.1 Å². The zero-order valence-electron chi connectivity index (χ0n) is 12.2. The molecule has 118 valence electrons. The molecule has 0 radical (unpaired) electrons. The van der Waals surface area contributed by atoms with Gasteiger partial charge in [-0.15, -0.1) is 0 Å². The molecule has 2 aromatic heterocycles. The Bertz CT molecular complexity index is 626. The van der Waals surface area contributed by atoms with Gasteiger partial charge in [0.2, 0.25) is 0 Å². The summed E-state index contributed by atoms with van der Waals surface area (Å²) in [6.07, 6.45) is 2.75. The Kier molecular flexibility index (Phi) is 4.32. The molecule has 3 rings (SSSR count). The molecular weight excluding hydrogens is 286 g/mol. The normalized spacial score (nSPS) is 20.3. The maximum Gasteiger partial charge on any atom is 0.274 e. The van der Waals surface area contributed by atoms with E-state index in [-0.39, 0.29) is 19.1 Å². The van der Waals surface area contributed by atoms with Crippen molar-refractivity contribution >= 4 is 11.6 Å². The van der Waals surface area contributed by atoms with Crippen molar-refractivity contribution in [3.63, 3.8) is 0 Å². The molecule has 8 nitrogen and oxygen atoms in total. The number of amides is 1. The molecule has 3 heterocycles. The first-order valence-electron chi connectivity index (χ1n) is 7.28. The fourth-order valence-electron chi connectivity index (χ4n) is 2.68. The number of carbonyl (C=O) groups excluding carboxylic acids is 1. The Morgan fingerprint density at radius 1 is 1.36 bits per heavy atom. The summed E-state index contributed by atoms with van der Waals surface area (Å²) in [4.78, 5) is 20.3. The number of aromatic nitrogens is 3. The number of aliphatic hydroxyl groups excluding tert-OH is 2. The van der Waals surface area contributed by atoms with Gasteiger partial charge in [-0.3, -0.25) is 9.69 Å². The minimum absolute atomic E-state index is 0.0404. The summed E-state index contributed by atoms with van der Waals surface area (Å²) in [6.45, 7) is 2.38. The molecule has 1 aliphatic heterocycles. The van der Waals surface area contributed by atoms with Crippen LogP contribution < -0.4 is 0 Å². The molecule has 2 aromatic rings. The van der Waals surface area contributed by atoms with Crippen molar-refractivity contribution < 1.29 is 15.0 Å². The topological polar surface area (TPSA) is 94.2 Å². The molecule has 0 aromatic carbocycles. The van der Waals surface area contributed by atoms with Crippen molar-refractivity contribution in [1.82, 2.24) is 24.4 Å². The summed E-state index contributed by atoms with van der Waals surface area (Å²) in [6, 6.07) is 3.39. The predicted molar refractivity (Wildman–Crippen MR) is 78.4 cm³/mol. The molecule has 0 spiro atoms. The highest BCUT2D eigenvalue weighted by molar-refractivity contribution is 5.93. The SMILES string of the molecule is O=C(c1cc2ncccn2n1)N1CCN(CCO)C[C@@H](O)C1. The van der Waals surface area contributed by atoms with Crippen molar-refractivity contribution in [2.24, 2.45) is 0 Å². The molecule has 0 saturated carbocycles. The molecule has 2 N–H and O–H groups in total. The van der Waals surface area contributed by atoms with Crippen LogP contribution in [0.1, 0.15) is 10.5 Å². The van der Waals surface area contributed by atoms with Gasteiger partial charge >= 0.3 is 0 Å². The summed E-state index contributed by atoms with van der Waals surface area (Å²) in [5.74, 6) is -0.213. The highest BCUT2D eigenvalue weighted by Crippen LogP contribution is 2.10. The molecule has 1 saturated heterocycles. The van der Waals surface area contributed by atoms with E-state index in [0.29, 0.717) is 37.5 Å². The van der Waals surface area contributed by atoms with E-state index >= 15 is 0 Å². The van der Waals surface area contributed by atoms with Crippen LogP contribution >= 0.6 is 0 Å². The van der Waals surface area contributed by atoms with E-state index in [0.717, 1.165) is 0 Å². The van der Waals surface area contributed by atoms with Gasteiger partial charge in [0.25, 0.3) is 5.91 Å². The molecular formula is C14H19N5O3. The van der Waals surface area contributed by atoms with Crippen LogP contribution in [-0.2, 0) is 0 Å². The van der Waals surface area contributed by atoms with Gasteiger partial charge in [-0.2, -0.15) is 5.10 Å². The van der Waals surface area contributed by atoms with Gasteiger partial charge in [0.15, 0.2) is 11.3 Å². The Morgan fingerprint density at radius 3 is 3.00 bits per heavy atom. The number of hydrogen-bond acceptors (Lipinski definition) is 6. The first-order valence-corrected chi connectivity index (χ1v) is 7.28. The van der Waals surface area contributed by atoms with E-state index in [9.17, 15) is 9.90 Å². The van der Waals surface area contributed by atoms with Gasteiger partial charge in [0, 0.05) is 51.2 Å². The van der Waals surface area contributed by atoms with Crippen LogP contribution in [0.4, 0.5) is 0 Å². The molecule has 0 bridgehead atoms. The zero-order chi connectivity index (χ0) is 15.5. The van der Waals surface area contributed by atoms with Crippen LogP contribution in [0.2, 0.25) is 0 Å². The van der Waals surface area contributed by atoms with Gasteiger partial charge in [-0.1, -0.05) is 0 Å². The number of aliphatic hydroxyl groups is 2. The first-order chi connectivity index (χ1) is 10.7. The van der Waals surface area contributed by atoms with Crippen LogP contribution in [0.15, 0.2) is 24.5 Å². The van der Waals surface area contributed by atoms with Crippen molar-refractivity contribution in [3.8, 4) is 0 Å². The molecule has 1 fully saturated rings. The largest absolute Gasteiger partial charge is 0.395 e. The number of rotatable bonds is 3. The van der Waals surface area contributed by atoms with Gasteiger partial charge in [0.1, 0.15) is 0 Å².